The minimum absolute atomic E-state index is 0.325. The molecular weight excluding hydrogens is 614 g/mol. The van der Waals surface area contributed by atoms with Gasteiger partial charge in [-0.15, -0.1) is 0 Å². The Morgan fingerprint density at radius 2 is 0.542 bits per heavy atom. The molecule has 0 aliphatic rings. The zero-order valence-corrected chi connectivity index (χ0v) is 32.7. The molecule has 244 valence electrons. The summed E-state index contributed by atoms with van der Waals surface area (Å²) in [6.45, 7) is 27.5. The summed E-state index contributed by atoms with van der Waals surface area (Å²) in [7, 11) is 0. The van der Waals surface area contributed by atoms with Crippen molar-refractivity contribution in [2.24, 2.45) is 0 Å². The first kappa shape index (κ1) is 35.7. The Bertz CT molecular complexity index is 1690. The van der Waals surface area contributed by atoms with Gasteiger partial charge in [-0.05, 0) is 103 Å². The van der Waals surface area contributed by atoms with Crippen LogP contribution in [-0.2, 0) is 0 Å². The molecule has 0 N–H and O–H groups in total. The molecule has 0 aliphatic carbocycles. The van der Waals surface area contributed by atoms with Crippen molar-refractivity contribution in [2.45, 2.75) is 83.1 Å². The zero-order valence-electron chi connectivity index (χ0n) is 31.1. The second kappa shape index (κ2) is 14.9. The molecule has 4 aromatic carbocycles. The van der Waals surface area contributed by atoms with E-state index in [9.17, 15) is 0 Å². The first-order valence-corrected chi connectivity index (χ1v) is 18.9. The highest BCUT2D eigenvalue weighted by Crippen LogP contribution is 2.16. The highest BCUT2D eigenvalue weighted by molar-refractivity contribution is 7.26. The third-order valence-electron chi connectivity index (χ3n) is 9.76. The Hall–Kier alpha value is -3.59. The molecule has 0 spiro atoms. The van der Waals surface area contributed by atoms with Gasteiger partial charge in [-0.3, -0.25) is 0 Å². The molecule has 0 bridgehead atoms. The van der Waals surface area contributed by atoms with Crippen molar-refractivity contribution in [3.05, 3.63) is 150 Å². The van der Waals surface area contributed by atoms with Gasteiger partial charge >= 0.3 is 0 Å². The minimum Gasteiger partial charge on any atom is -0.158 e. The maximum atomic E-state index is 2.32. The van der Waals surface area contributed by atoms with Crippen molar-refractivity contribution in [3.8, 4) is 0 Å². The lowest BCUT2D eigenvalue weighted by Gasteiger charge is -2.23. The zero-order chi connectivity index (χ0) is 34.9. The average molecular weight is 665 g/mol. The van der Waals surface area contributed by atoms with E-state index < -0.39 is 0 Å². The predicted molar refractivity (Wildman–Crippen MR) is 221 cm³/mol. The van der Waals surface area contributed by atoms with Gasteiger partial charge in [-0.2, -0.15) is 22.7 Å². The van der Waals surface area contributed by atoms with Crippen LogP contribution in [0.5, 0.6) is 0 Å². The van der Waals surface area contributed by atoms with Crippen LogP contribution in [0.15, 0.2) is 83.6 Å². The summed E-state index contributed by atoms with van der Waals surface area (Å²) in [5.74, 6) is 0. The van der Waals surface area contributed by atoms with Gasteiger partial charge in [0.1, 0.15) is 0 Å². The number of rotatable bonds is 6. The van der Waals surface area contributed by atoms with Crippen molar-refractivity contribution in [2.75, 3.05) is 0 Å². The molecule has 0 saturated heterocycles. The summed E-state index contributed by atoms with van der Waals surface area (Å²) in [6.07, 6.45) is 0. The van der Waals surface area contributed by atoms with E-state index in [1.165, 1.54) is 98.2 Å². The van der Waals surface area contributed by atoms with Gasteiger partial charge in [0.15, 0.2) is 0 Å². The maximum Gasteiger partial charge on any atom is 0.255 e. The molecule has 0 unspecified atom stereocenters. The van der Waals surface area contributed by atoms with Crippen LogP contribution in [-0.4, -0.2) is 13.4 Å². The van der Waals surface area contributed by atoms with Crippen molar-refractivity contribution in [3.63, 3.8) is 0 Å². The van der Waals surface area contributed by atoms with Crippen LogP contribution >= 0.6 is 22.7 Å². The van der Waals surface area contributed by atoms with E-state index in [2.05, 4.69) is 167 Å². The van der Waals surface area contributed by atoms with Crippen LogP contribution in [0.2, 0.25) is 0 Å². The van der Waals surface area contributed by atoms with Gasteiger partial charge in [-0.25, -0.2) is 0 Å². The Morgan fingerprint density at radius 1 is 0.333 bits per heavy atom. The van der Waals surface area contributed by atoms with Crippen molar-refractivity contribution in [1.82, 2.24) is 0 Å². The summed E-state index contributed by atoms with van der Waals surface area (Å²) >= 11 is 3.73. The van der Waals surface area contributed by atoms with Gasteiger partial charge < -0.3 is 0 Å². The number of aryl methyl sites for hydroxylation is 12. The molecule has 0 saturated carbocycles. The van der Waals surface area contributed by atoms with Crippen molar-refractivity contribution in [1.29, 1.82) is 0 Å². The Morgan fingerprint density at radius 3 is 0.708 bits per heavy atom. The standard InChI is InChI=1S/2C22H25BS/c2*1-14-10-16(3)21(17(4)11-14)23(20-8-7-9-24-20)22-18(5)12-15(2)13-19(22)6/h2*7-13H,1-6H3. The maximum absolute atomic E-state index is 2.32. The van der Waals surface area contributed by atoms with E-state index in [1.807, 2.05) is 22.7 Å². The van der Waals surface area contributed by atoms with Crippen LogP contribution in [0.25, 0.3) is 0 Å². The predicted octanol–water partition coefficient (Wildman–Crippen LogP) is 8.23. The first-order chi connectivity index (χ1) is 22.8. The first-order valence-electron chi connectivity index (χ1n) is 17.1. The fraction of sp³-hybridized carbons (Fsp3) is 0.273. The number of benzene rings is 4. The van der Waals surface area contributed by atoms with Crippen LogP contribution in [0, 0.1) is 83.1 Å². The molecule has 0 aliphatic heterocycles. The average Bonchev–Trinajstić information content (AvgIpc) is 3.69. The van der Waals surface area contributed by atoms with Gasteiger partial charge in [0.25, 0.3) is 13.4 Å². The van der Waals surface area contributed by atoms with Crippen LogP contribution < -0.4 is 31.4 Å². The monoisotopic (exact) mass is 664 g/mol. The van der Waals surface area contributed by atoms with Gasteiger partial charge in [0, 0.05) is 0 Å². The Labute approximate surface area is 299 Å². The second-order valence-corrected chi connectivity index (χ2v) is 16.1. The van der Waals surface area contributed by atoms with Crippen LogP contribution in [0.1, 0.15) is 66.8 Å². The van der Waals surface area contributed by atoms with Gasteiger partial charge in [-0.1, -0.05) is 161 Å². The molecule has 0 fully saturated rings. The third-order valence-corrected chi connectivity index (χ3v) is 11.6. The second-order valence-electron chi connectivity index (χ2n) is 14.1. The summed E-state index contributed by atoms with van der Waals surface area (Å²) in [5, 5.41) is 4.39. The van der Waals surface area contributed by atoms with E-state index in [1.54, 1.807) is 0 Å². The van der Waals surface area contributed by atoms with E-state index >= 15 is 0 Å². The third kappa shape index (κ3) is 7.51. The van der Waals surface area contributed by atoms with Crippen LogP contribution in [0.3, 0.4) is 0 Å². The molecular formula is C44H50B2S2. The molecule has 2 heterocycles. The molecule has 6 rings (SSSR count). The largest absolute Gasteiger partial charge is 0.255 e. The molecule has 0 atom stereocenters. The van der Waals surface area contributed by atoms with E-state index in [-0.39, 0.29) is 0 Å². The lowest BCUT2D eigenvalue weighted by Crippen LogP contribution is -2.54. The smallest absolute Gasteiger partial charge is 0.158 e. The van der Waals surface area contributed by atoms with E-state index in [4.69, 9.17) is 0 Å². The van der Waals surface area contributed by atoms with Gasteiger partial charge in [0.05, 0.1) is 0 Å². The summed E-state index contributed by atoms with van der Waals surface area (Å²) < 4.78 is 2.86. The SMILES string of the molecule is Cc1cc(C)c(B(c2cccs2)c2c(C)cc(C)cc2C)c(C)c1.Cc1cc(C)c(B(c2cccs2)c2c(C)cc(C)cc2C)c(C)c1. The number of hydrogen-bond donors (Lipinski definition) is 0. The molecule has 48 heavy (non-hydrogen) atoms. The normalized spacial score (nSPS) is 10.9. The molecule has 4 heteroatoms. The van der Waals surface area contributed by atoms with E-state index in [0.717, 1.165) is 0 Å². The molecule has 6 aromatic rings. The number of hydrogen-bond acceptors (Lipinski definition) is 2. The summed E-state index contributed by atoms with van der Waals surface area (Å²) in [5.41, 5.74) is 22.4. The number of thiophene rings is 2. The van der Waals surface area contributed by atoms with Gasteiger partial charge in [0.2, 0.25) is 0 Å². The topological polar surface area (TPSA) is 0 Å². The minimum atomic E-state index is 0.325. The quantitative estimate of drug-likeness (QED) is 0.158. The summed E-state index contributed by atoms with van der Waals surface area (Å²) in [4.78, 5) is 0. The van der Waals surface area contributed by atoms with Crippen LogP contribution in [0.4, 0.5) is 0 Å². The molecule has 2 aromatic heterocycles. The molecule has 0 amide bonds. The lowest BCUT2D eigenvalue weighted by atomic mass is 9.37. The van der Waals surface area contributed by atoms with E-state index in [0.29, 0.717) is 13.4 Å². The van der Waals surface area contributed by atoms with Crippen molar-refractivity contribution >= 4 is 67.5 Å². The molecule has 0 radical (unpaired) electrons. The highest BCUT2D eigenvalue weighted by atomic mass is 32.1. The Kier molecular flexibility index (Phi) is 11.1. The summed E-state index contributed by atoms with van der Waals surface area (Å²) in [6, 6.07) is 27.5. The lowest BCUT2D eigenvalue weighted by molar-refractivity contribution is 1.34. The fourth-order valence-corrected chi connectivity index (χ4v) is 10.0. The van der Waals surface area contributed by atoms with Crippen molar-refractivity contribution < 1.29 is 0 Å². The fourth-order valence-electron chi connectivity index (χ4n) is 8.35. The highest BCUT2D eigenvalue weighted by Gasteiger charge is 2.30. The Balaban J connectivity index is 0.000000188. The molecule has 0 nitrogen and oxygen atoms in total.